The monoisotopic (exact) mass is 814 g/mol. The highest BCUT2D eigenvalue weighted by molar-refractivity contribution is 6.09. The summed E-state index contributed by atoms with van der Waals surface area (Å²) in [5.74, 6) is 0. The predicted octanol–water partition coefficient (Wildman–Crippen LogP) is 17.2. The van der Waals surface area contributed by atoms with Crippen LogP contribution in [0.3, 0.4) is 0 Å². The van der Waals surface area contributed by atoms with Crippen LogP contribution in [0.5, 0.6) is 0 Å². The first kappa shape index (κ1) is 37.3. The second-order valence-electron chi connectivity index (χ2n) is 16.5. The van der Waals surface area contributed by atoms with E-state index in [-0.39, 0.29) is 0 Å². The van der Waals surface area contributed by atoms with E-state index >= 15 is 0 Å². The van der Waals surface area contributed by atoms with Crippen molar-refractivity contribution < 1.29 is 0 Å². The zero-order chi connectivity index (χ0) is 42.4. The molecule has 0 spiro atoms. The van der Waals surface area contributed by atoms with E-state index in [1.807, 2.05) is 0 Å². The maximum absolute atomic E-state index is 2.38. The van der Waals surface area contributed by atoms with Gasteiger partial charge in [0.1, 0.15) is 0 Å². The van der Waals surface area contributed by atoms with Crippen LogP contribution in [-0.4, -0.2) is 4.57 Å². The molecule has 0 atom stereocenters. The summed E-state index contributed by atoms with van der Waals surface area (Å²) in [5.41, 5.74) is 16.4. The van der Waals surface area contributed by atoms with Crippen molar-refractivity contribution in [1.82, 2.24) is 4.57 Å². The van der Waals surface area contributed by atoms with Crippen LogP contribution in [0, 0.1) is 0 Å². The van der Waals surface area contributed by atoms with Crippen LogP contribution < -0.4 is 4.90 Å². The standard InChI is InChI=1S/C62H42N2/c1-2-14-46(15-3-1)56-26-12-18-48-19-13-27-57(62(48)56)49-20-10-21-53(42-49)63(51-40-34-47(35-41-51)55-25-11-17-45-16-4-5-22-54(45)55)50-36-30-43(31-37-50)44-32-38-52(39-33-44)64-60-28-8-6-23-58(60)59-24-7-9-29-61(59)64/h1-42H. The number of rotatable bonds is 8. The quantitative estimate of drug-likeness (QED) is 0.148. The molecule has 2 heteroatoms. The third kappa shape index (κ3) is 6.52. The Balaban J connectivity index is 0.944. The number of fused-ring (bicyclic) bond motifs is 5. The fourth-order valence-electron chi connectivity index (χ4n) is 9.77. The molecule has 12 rings (SSSR count). The normalized spacial score (nSPS) is 11.4. The first-order valence-electron chi connectivity index (χ1n) is 22.0. The smallest absolute Gasteiger partial charge is 0.0541 e. The average molecular weight is 815 g/mol. The third-order valence-electron chi connectivity index (χ3n) is 12.8. The van der Waals surface area contributed by atoms with Crippen molar-refractivity contribution in [3.05, 3.63) is 255 Å². The van der Waals surface area contributed by atoms with Gasteiger partial charge in [-0.3, -0.25) is 0 Å². The molecular weight excluding hydrogens is 773 g/mol. The lowest BCUT2D eigenvalue weighted by molar-refractivity contribution is 1.18. The molecule has 2 nitrogen and oxygen atoms in total. The highest BCUT2D eigenvalue weighted by Gasteiger charge is 2.17. The number of hydrogen-bond donors (Lipinski definition) is 0. The molecule has 1 aromatic heterocycles. The van der Waals surface area contributed by atoms with E-state index in [0.717, 1.165) is 22.7 Å². The second kappa shape index (κ2) is 15.8. The molecule has 300 valence electrons. The molecule has 0 fully saturated rings. The lowest BCUT2D eigenvalue weighted by atomic mass is 9.91. The molecule has 12 aromatic rings. The Morgan fingerprint density at radius 1 is 0.266 bits per heavy atom. The van der Waals surface area contributed by atoms with Crippen LogP contribution in [0.2, 0.25) is 0 Å². The van der Waals surface area contributed by atoms with E-state index in [4.69, 9.17) is 0 Å². The summed E-state index contributed by atoms with van der Waals surface area (Å²) in [7, 11) is 0. The number of benzene rings is 11. The molecule has 0 aliphatic carbocycles. The van der Waals surface area contributed by atoms with Gasteiger partial charge in [-0.05, 0) is 127 Å². The van der Waals surface area contributed by atoms with Gasteiger partial charge in [-0.1, -0.05) is 194 Å². The molecule has 0 saturated heterocycles. The molecule has 11 aromatic carbocycles. The van der Waals surface area contributed by atoms with Crippen molar-refractivity contribution in [2.45, 2.75) is 0 Å². The van der Waals surface area contributed by atoms with Crippen molar-refractivity contribution in [2.75, 3.05) is 4.90 Å². The summed E-state index contributed by atoms with van der Waals surface area (Å²) in [5, 5.41) is 7.52. The molecule has 0 bridgehead atoms. The van der Waals surface area contributed by atoms with Gasteiger partial charge in [0.05, 0.1) is 11.0 Å². The predicted molar refractivity (Wildman–Crippen MR) is 272 cm³/mol. The molecule has 1 heterocycles. The SMILES string of the molecule is c1ccc(-c2cccc3cccc(-c4cccc(N(c5ccc(-c6ccc(-n7c8ccccc8c8ccccc87)cc6)cc5)c5ccc(-c6cccc7ccccc67)cc5)c4)c23)cc1. The van der Waals surface area contributed by atoms with Gasteiger partial charge in [0.15, 0.2) is 0 Å². The fraction of sp³-hybridized carbons (Fsp3) is 0. The fourth-order valence-corrected chi connectivity index (χ4v) is 9.77. The maximum atomic E-state index is 2.38. The van der Waals surface area contributed by atoms with E-state index in [1.165, 1.54) is 87.9 Å². The van der Waals surface area contributed by atoms with Crippen LogP contribution in [0.4, 0.5) is 17.1 Å². The Labute approximate surface area is 373 Å². The summed E-state index contributed by atoms with van der Waals surface area (Å²) < 4.78 is 2.37. The zero-order valence-corrected chi connectivity index (χ0v) is 35.1. The summed E-state index contributed by atoms with van der Waals surface area (Å²) in [6.07, 6.45) is 0. The van der Waals surface area contributed by atoms with Crippen molar-refractivity contribution in [2.24, 2.45) is 0 Å². The Bertz CT molecular complexity index is 3570. The number of nitrogens with zero attached hydrogens (tertiary/aromatic N) is 2. The Morgan fingerprint density at radius 3 is 1.38 bits per heavy atom. The molecule has 0 aliphatic rings. The van der Waals surface area contributed by atoms with Gasteiger partial charge in [-0.25, -0.2) is 0 Å². The van der Waals surface area contributed by atoms with Gasteiger partial charge in [0.2, 0.25) is 0 Å². The van der Waals surface area contributed by atoms with E-state index in [2.05, 4.69) is 264 Å². The lowest BCUT2D eigenvalue weighted by Gasteiger charge is -2.27. The van der Waals surface area contributed by atoms with Crippen LogP contribution in [-0.2, 0) is 0 Å². The van der Waals surface area contributed by atoms with Crippen LogP contribution in [0.25, 0.3) is 93.5 Å². The summed E-state index contributed by atoms with van der Waals surface area (Å²) in [6, 6.07) is 92.6. The molecule has 0 saturated carbocycles. The molecular formula is C62H42N2. The molecule has 0 amide bonds. The van der Waals surface area contributed by atoms with Gasteiger partial charge in [-0.2, -0.15) is 0 Å². The average Bonchev–Trinajstić information content (AvgIpc) is 3.71. The summed E-state index contributed by atoms with van der Waals surface area (Å²) >= 11 is 0. The minimum absolute atomic E-state index is 1.09. The molecule has 0 unspecified atom stereocenters. The van der Waals surface area contributed by atoms with Gasteiger partial charge < -0.3 is 9.47 Å². The topological polar surface area (TPSA) is 8.17 Å². The number of para-hydroxylation sites is 2. The van der Waals surface area contributed by atoms with Crippen molar-refractivity contribution in [1.29, 1.82) is 0 Å². The second-order valence-corrected chi connectivity index (χ2v) is 16.5. The van der Waals surface area contributed by atoms with Gasteiger partial charge >= 0.3 is 0 Å². The van der Waals surface area contributed by atoms with Crippen molar-refractivity contribution in [3.63, 3.8) is 0 Å². The third-order valence-corrected chi connectivity index (χ3v) is 12.8. The Kier molecular flexibility index (Phi) is 9.20. The van der Waals surface area contributed by atoms with E-state index in [9.17, 15) is 0 Å². The number of anilines is 3. The molecule has 0 aliphatic heterocycles. The van der Waals surface area contributed by atoms with E-state index in [0.29, 0.717) is 0 Å². The Hall–Kier alpha value is -8.46. The van der Waals surface area contributed by atoms with Gasteiger partial charge in [0.25, 0.3) is 0 Å². The molecule has 64 heavy (non-hydrogen) atoms. The van der Waals surface area contributed by atoms with Crippen LogP contribution in [0.15, 0.2) is 255 Å². The van der Waals surface area contributed by atoms with Crippen molar-refractivity contribution >= 4 is 60.4 Å². The van der Waals surface area contributed by atoms with Gasteiger partial charge in [-0.15, -0.1) is 0 Å². The van der Waals surface area contributed by atoms with Crippen LogP contribution >= 0.6 is 0 Å². The zero-order valence-electron chi connectivity index (χ0n) is 35.1. The molecule has 0 radical (unpaired) electrons. The summed E-state index contributed by atoms with van der Waals surface area (Å²) in [4.78, 5) is 2.38. The van der Waals surface area contributed by atoms with E-state index < -0.39 is 0 Å². The van der Waals surface area contributed by atoms with Gasteiger partial charge in [0, 0.05) is 33.5 Å². The number of hydrogen-bond acceptors (Lipinski definition) is 1. The van der Waals surface area contributed by atoms with Crippen molar-refractivity contribution in [3.8, 4) is 50.2 Å². The minimum atomic E-state index is 1.09. The number of aromatic nitrogens is 1. The largest absolute Gasteiger partial charge is 0.310 e. The highest BCUT2D eigenvalue weighted by Crippen LogP contribution is 2.42. The highest BCUT2D eigenvalue weighted by atomic mass is 15.1. The summed E-state index contributed by atoms with van der Waals surface area (Å²) in [6.45, 7) is 0. The van der Waals surface area contributed by atoms with Crippen LogP contribution in [0.1, 0.15) is 0 Å². The Morgan fingerprint density at radius 2 is 0.719 bits per heavy atom. The lowest BCUT2D eigenvalue weighted by Crippen LogP contribution is -2.10. The first-order valence-corrected chi connectivity index (χ1v) is 22.0. The maximum Gasteiger partial charge on any atom is 0.0541 e. The van der Waals surface area contributed by atoms with E-state index in [1.54, 1.807) is 0 Å². The minimum Gasteiger partial charge on any atom is -0.310 e. The first-order chi connectivity index (χ1) is 31.7. The molecule has 0 N–H and O–H groups in total.